The molecule has 0 saturated carbocycles. The molecule has 0 spiro atoms. The maximum absolute atomic E-state index is 6.44. The van der Waals surface area contributed by atoms with Gasteiger partial charge in [-0.1, -0.05) is 174 Å². The topological polar surface area (TPSA) is 43.9 Å². The Hall–Kier alpha value is -5.91. The summed E-state index contributed by atoms with van der Waals surface area (Å²) in [6, 6.07) is 59.8. The summed E-state index contributed by atoms with van der Waals surface area (Å²) in [6.45, 7) is 18.5. The van der Waals surface area contributed by atoms with E-state index in [4.69, 9.17) is 14.4 Å². The van der Waals surface area contributed by atoms with Crippen molar-refractivity contribution < 1.29 is 24.5 Å². The largest absolute Gasteiger partial charge is 0.501 e. The van der Waals surface area contributed by atoms with Crippen LogP contribution in [0.2, 0.25) is 19.6 Å². The van der Waals surface area contributed by atoms with Gasteiger partial charge in [-0.15, -0.1) is 53.6 Å². The maximum atomic E-state index is 6.44. The molecule has 0 N–H and O–H groups in total. The van der Waals surface area contributed by atoms with Crippen LogP contribution in [0.4, 0.5) is 0 Å². The van der Waals surface area contributed by atoms with E-state index >= 15 is 0 Å². The van der Waals surface area contributed by atoms with Crippen LogP contribution in [0.5, 0.6) is 0 Å². The third-order valence-corrected chi connectivity index (χ3v) is 13.8. The Morgan fingerprint density at radius 3 is 2.17 bits per heavy atom. The van der Waals surface area contributed by atoms with Gasteiger partial charge in [0, 0.05) is 42.6 Å². The molecular weight excluding hydrogens is 963 g/mol. The first-order valence-electron chi connectivity index (χ1n) is 21.7. The van der Waals surface area contributed by atoms with Crippen molar-refractivity contribution in [1.82, 2.24) is 14.5 Å². The van der Waals surface area contributed by atoms with Crippen molar-refractivity contribution in [1.29, 1.82) is 0 Å². The standard InChI is InChI=1S/C35H21N2O.C22H32NSi.Ir/c1-2-11-23(12-3-1)26-22-21-24-13-4-5-14-25(24)33(26)37-31-19-8-7-18-30(31)36-35(37)29-17-10-16-28-27-15-6-9-20-32(27)38-34(28)29;1-16(2)13-18-14-20(23-15-21(18)24(6,7)8)17-9-11-19(12-10-17)22(3,4)5;/h1-16,18-22H;9,11-12,14-16H,13H2,1-8H3;/q2*-1;. The van der Waals surface area contributed by atoms with Crippen molar-refractivity contribution >= 4 is 57.0 Å². The molecule has 4 nitrogen and oxygen atoms in total. The Morgan fingerprint density at radius 1 is 0.730 bits per heavy atom. The van der Waals surface area contributed by atoms with Crippen LogP contribution in [0.25, 0.3) is 83.2 Å². The summed E-state index contributed by atoms with van der Waals surface area (Å²) in [5, 5.41) is 5.99. The molecule has 0 atom stereocenters. The fourth-order valence-corrected chi connectivity index (χ4v) is 10.2. The van der Waals surface area contributed by atoms with E-state index in [9.17, 15) is 0 Å². The molecule has 3 heterocycles. The summed E-state index contributed by atoms with van der Waals surface area (Å²) in [7, 11) is -1.38. The van der Waals surface area contributed by atoms with E-state index in [1.165, 1.54) is 21.7 Å². The third-order valence-electron chi connectivity index (χ3n) is 11.7. The Kier molecular flexibility index (Phi) is 12.3. The number of benzene rings is 7. The summed E-state index contributed by atoms with van der Waals surface area (Å²) in [4.78, 5) is 9.97. The van der Waals surface area contributed by atoms with E-state index in [-0.39, 0.29) is 25.5 Å². The molecule has 1 radical (unpaired) electrons. The molecule has 10 aromatic rings. The normalized spacial score (nSPS) is 11.9. The van der Waals surface area contributed by atoms with Gasteiger partial charge in [-0.2, -0.15) is 0 Å². The Morgan fingerprint density at radius 2 is 1.44 bits per heavy atom. The van der Waals surface area contributed by atoms with E-state index in [1.54, 1.807) is 0 Å². The maximum Gasteiger partial charge on any atom is 0.120 e. The van der Waals surface area contributed by atoms with Gasteiger partial charge in [-0.3, -0.25) is 4.98 Å². The third kappa shape index (κ3) is 8.73. The van der Waals surface area contributed by atoms with Gasteiger partial charge < -0.3 is 14.0 Å². The van der Waals surface area contributed by atoms with Crippen LogP contribution in [0.1, 0.15) is 45.7 Å². The SMILES string of the molecule is CC(C)Cc1cc(-c2[c-]cc(C(C)(C)C)cc2)ncc1[Si](C)(C)C.[Ir].[c-]1ccc2c(oc3ccccc32)c1-c1nc2ccccc2n1-c1c(-c2ccccc2)ccc2ccccc12. The monoisotopic (exact) mass is 1020 g/mol. The molecule has 0 fully saturated rings. The molecule has 317 valence electrons. The summed E-state index contributed by atoms with van der Waals surface area (Å²) in [5.74, 6) is 1.46. The number of furan rings is 1. The Bertz CT molecular complexity index is 3200. The van der Waals surface area contributed by atoms with Crippen LogP contribution in [0.3, 0.4) is 0 Å². The minimum absolute atomic E-state index is 0. The Balaban J connectivity index is 0.000000190. The second-order valence-corrected chi connectivity index (χ2v) is 23.9. The molecule has 3 aromatic heterocycles. The number of imidazole rings is 1. The van der Waals surface area contributed by atoms with Crippen molar-refractivity contribution in [2.45, 2.75) is 66.1 Å². The molecule has 0 aliphatic carbocycles. The van der Waals surface area contributed by atoms with E-state index in [0.29, 0.717) is 5.92 Å². The second kappa shape index (κ2) is 17.7. The molecule has 0 aliphatic heterocycles. The molecular formula is C57H53IrN3OSi-2. The molecule has 0 bridgehead atoms. The van der Waals surface area contributed by atoms with Gasteiger partial charge >= 0.3 is 0 Å². The molecule has 63 heavy (non-hydrogen) atoms. The van der Waals surface area contributed by atoms with Gasteiger partial charge in [0.2, 0.25) is 0 Å². The summed E-state index contributed by atoms with van der Waals surface area (Å²) in [5.41, 5.74) is 13.0. The van der Waals surface area contributed by atoms with Crippen LogP contribution >= 0.6 is 0 Å². The molecule has 0 saturated heterocycles. The molecule has 7 aromatic carbocycles. The quantitative estimate of drug-likeness (QED) is 0.118. The van der Waals surface area contributed by atoms with Gasteiger partial charge in [0.25, 0.3) is 0 Å². The second-order valence-electron chi connectivity index (χ2n) is 18.8. The first kappa shape index (κ1) is 43.7. The summed E-state index contributed by atoms with van der Waals surface area (Å²) in [6.07, 6.45) is 3.25. The number of hydrogen-bond acceptors (Lipinski definition) is 3. The number of aromatic nitrogens is 3. The van der Waals surface area contributed by atoms with E-state index in [0.717, 1.165) is 84.2 Å². The number of pyridine rings is 1. The van der Waals surface area contributed by atoms with Crippen LogP contribution in [0.15, 0.2) is 162 Å². The summed E-state index contributed by atoms with van der Waals surface area (Å²) < 4.78 is 8.73. The zero-order valence-electron chi connectivity index (χ0n) is 37.4. The number of hydrogen-bond donors (Lipinski definition) is 0. The zero-order chi connectivity index (χ0) is 43.2. The van der Waals surface area contributed by atoms with E-state index in [2.05, 4.69) is 198 Å². The first-order chi connectivity index (χ1) is 29.8. The number of fused-ring (bicyclic) bond motifs is 5. The van der Waals surface area contributed by atoms with Gasteiger partial charge in [0.05, 0.1) is 36.2 Å². The molecule has 10 rings (SSSR count). The molecule has 0 amide bonds. The van der Waals surface area contributed by atoms with Crippen molar-refractivity contribution in [3.63, 3.8) is 0 Å². The van der Waals surface area contributed by atoms with Crippen LogP contribution in [0, 0.1) is 18.1 Å². The number of nitrogens with zero attached hydrogens (tertiary/aromatic N) is 3. The van der Waals surface area contributed by atoms with Crippen molar-refractivity contribution in [2.75, 3.05) is 0 Å². The fourth-order valence-electron chi connectivity index (χ4n) is 8.60. The van der Waals surface area contributed by atoms with Gasteiger partial charge in [0.1, 0.15) is 5.58 Å². The Labute approximate surface area is 386 Å². The average molecular weight is 1020 g/mol. The van der Waals surface area contributed by atoms with Crippen molar-refractivity contribution in [3.05, 3.63) is 181 Å². The van der Waals surface area contributed by atoms with Gasteiger partial charge in [-0.25, -0.2) is 0 Å². The average Bonchev–Trinajstić information content (AvgIpc) is 3.84. The smallest absolute Gasteiger partial charge is 0.120 e. The van der Waals surface area contributed by atoms with Gasteiger partial charge in [0.15, 0.2) is 0 Å². The van der Waals surface area contributed by atoms with E-state index in [1.807, 2.05) is 30.3 Å². The van der Waals surface area contributed by atoms with Gasteiger partial charge in [-0.05, 0) is 57.8 Å². The minimum Gasteiger partial charge on any atom is -0.501 e. The fraction of sp³-hybridized carbons (Fsp3) is 0.193. The van der Waals surface area contributed by atoms with Crippen molar-refractivity contribution in [3.8, 4) is 39.5 Å². The molecule has 0 aliphatic rings. The molecule has 6 heteroatoms. The number of rotatable bonds is 7. The molecule has 0 unspecified atom stereocenters. The predicted molar refractivity (Wildman–Crippen MR) is 264 cm³/mol. The van der Waals surface area contributed by atoms with Crippen molar-refractivity contribution in [2.24, 2.45) is 5.92 Å². The van der Waals surface area contributed by atoms with E-state index < -0.39 is 8.07 Å². The number of para-hydroxylation sites is 3. The summed E-state index contributed by atoms with van der Waals surface area (Å²) >= 11 is 0. The zero-order valence-corrected chi connectivity index (χ0v) is 40.8. The first-order valence-corrected chi connectivity index (χ1v) is 25.2. The predicted octanol–water partition coefficient (Wildman–Crippen LogP) is 14.8. The van der Waals surface area contributed by atoms with Crippen LogP contribution in [-0.4, -0.2) is 22.6 Å². The van der Waals surface area contributed by atoms with Crippen LogP contribution in [-0.2, 0) is 31.9 Å². The minimum atomic E-state index is -1.38. The van der Waals surface area contributed by atoms with Crippen LogP contribution < -0.4 is 5.19 Å².